The van der Waals surface area contributed by atoms with Crippen molar-refractivity contribution in [1.29, 1.82) is 0 Å². The van der Waals surface area contributed by atoms with Crippen LogP contribution in [0.4, 0.5) is 18.9 Å². The number of aromatic nitrogens is 1. The van der Waals surface area contributed by atoms with Gasteiger partial charge in [0.1, 0.15) is 0 Å². The monoisotopic (exact) mass is 299 g/mol. The maximum atomic E-state index is 13.1. The molecule has 21 heavy (non-hydrogen) atoms. The van der Waals surface area contributed by atoms with Gasteiger partial charge in [0.15, 0.2) is 0 Å². The van der Waals surface area contributed by atoms with Crippen LogP contribution in [-0.4, -0.2) is 30.5 Å². The molecule has 2 fully saturated rings. The van der Waals surface area contributed by atoms with E-state index in [1.165, 1.54) is 4.90 Å². The number of halogens is 3. The zero-order valence-corrected chi connectivity index (χ0v) is 11.4. The van der Waals surface area contributed by atoms with Gasteiger partial charge in [-0.3, -0.25) is 9.78 Å². The first-order chi connectivity index (χ1) is 9.91. The Bertz CT molecular complexity index is 553. The van der Waals surface area contributed by atoms with Crippen LogP contribution in [0.15, 0.2) is 18.5 Å². The van der Waals surface area contributed by atoms with E-state index < -0.39 is 11.7 Å². The maximum absolute atomic E-state index is 13.1. The fourth-order valence-electron chi connectivity index (χ4n) is 3.25. The summed E-state index contributed by atoms with van der Waals surface area (Å²) in [7, 11) is 0. The number of alkyl halides is 3. The van der Waals surface area contributed by atoms with Crippen molar-refractivity contribution in [3.63, 3.8) is 0 Å². The third kappa shape index (κ3) is 2.62. The summed E-state index contributed by atoms with van der Waals surface area (Å²) in [5.74, 6) is -0.240. The minimum Gasteiger partial charge on any atom is -0.317 e. The van der Waals surface area contributed by atoms with Crippen LogP contribution in [0, 0.1) is 5.41 Å². The van der Waals surface area contributed by atoms with Gasteiger partial charge in [-0.2, -0.15) is 13.2 Å². The number of nitrogens with zero attached hydrogens (tertiary/aromatic N) is 2. The number of pyridine rings is 1. The fraction of sp³-hybridized carbons (Fsp3) is 0.571. The average molecular weight is 299 g/mol. The Morgan fingerprint density at radius 3 is 2.67 bits per heavy atom. The standard InChI is InChI=1S/C14H16F3N3O/c15-14(16,17)10-1-4-19-8-11(10)20-9-13(7-12(20)21)2-5-18-6-3-13/h1,4,8,18H,2-3,5-7,9H2. The highest BCUT2D eigenvalue weighted by Gasteiger charge is 2.46. The van der Waals surface area contributed by atoms with Gasteiger partial charge in [-0.05, 0) is 37.4 Å². The molecule has 114 valence electrons. The first kappa shape index (κ1) is 14.3. The van der Waals surface area contributed by atoms with Crippen LogP contribution in [0.1, 0.15) is 24.8 Å². The van der Waals surface area contributed by atoms with Crippen LogP contribution in [0.5, 0.6) is 0 Å². The van der Waals surface area contributed by atoms with E-state index in [2.05, 4.69) is 10.3 Å². The molecule has 1 aromatic rings. The Morgan fingerprint density at radius 2 is 2.00 bits per heavy atom. The molecule has 3 rings (SSSR count). The van der Waals surface area contributed by atoms with Gasteiger partial charge in [-0.1, -0.05) is 0 Å². The summed E-state index contributed by atoms with van der Waals surface area (Å²) in [5, 5.41) is 3.22. The zero-order valence-electron chi connectivity index (χ0n) is 11.4. The van der Waals surface area contributed by atoms with Gasteiger partial charge >= 0.3 is 6.18 Å². The molecule has 2 aliphatic heterocycles. The van der Waals surface area contributed by atoms with Crippen LogP contribution in [0.25, 0.3) is 0 Å². The van der Waals surface area contributed by atoms with Crippen LogP contribution in [-0.2, 0) is 11.0 Å². The third-order valence-corrected chi connectivity index (χ3v) is 4.38. The predicted molar refractivity (Wildman–Crippen MR) is 70.7 cm³/mol. The number of carbonyl (C=O) groups excluding carboxylic acids is 1. The van der Waals surface area contributed by atoms with E-state index in [0.29, 0.717) is 13.0 Å². The molecular formula is C14H16F3N3O. The molecule has 0 radical (unpaired) electrons. The zero-order chi connectivity index (χ0) is 15.1. The summed E-state index contributed by atoms with van der Waals surface area (Å²) < 4.78 is 39.3. The van der Waals surface area contributed by atoms with E-state index in [1.807, 2.05) is 0 Å². The molecular weight excluding hydrogens is 283 g/mol. The number of rotatable bonds is 1. The van der Waals surface area contributed by atoms with Gasteiger partial charge in [-0.25, -0.2) is 0 Å². The molecule has 7 heteroatoms. The highest BCUT2D eigenvalue weighted by atomic mass is 19.4. The van der Waals surface area contributed by atoms with Gasteiger partial charge in [0.25, 0.3) is 0 Å². The fourth-order valence-corrected chi connectivity index (χ4v) is 3.25. The van der Waals surface area contributed by atoms with Crippen molar-refractivity contribution >= 4 is 11.6 Å². The molecule has 0 saturated carbocycles. The lowest BCUT2D eigenvalue weighted by molar-refractivity contribution is -0.137. The maximum Gasteiger partial charge on any atom is 0.418 e. The molecule has 2 aliphatic rings. The Kier molecular flexibility index (Phi) is 3.39. The van der Waals surface area contributed by atoms with Crippen LogP contribution >= 0.6 is 0 Å². The van der Waals surface area contributed by atoms with E-state index in [4.69, 9.17) is 0 Å². The summed E-state index contributed by atoms with van der Waals surface area (Å²) in [6, 6.07) is 0.927. The van der Waals surface area contributed by atoms with Gasteiger partial charge in [0.2, 0.25) is 5.91 Å². The average Bonchev–Trinajstić information content (AvgIpc) is 2.75. The second-order valence-corrected chi connectivity index (χ2v) is 5.80. The quantitative estimate of drug-likeness (QED) is 0.865. The number of nitrogens with one attached hydrogen (secondary N) is 1. The lowest BCUT2D eigenvalue weighted by atomic mass is 9.78. The minimum absolute atomic E-state index is 0.120. The molecule has 0 bridgehead atoms. The summed E-state index contributed by atoms with van der Waals surface area (Å²) >= 11 is 0. The van der Waals surface area contributed by atoms with Crippen molar-refractivity contribution in [2.75, 3.05) is 24.5 Å². The molecule has 3 heterocycles. The number of piperidine rings is 1. The van der Waals surface area contributed by atoms with Gasteiger partial charge in [0.05, 0.1) is 17.4 Å². The minimum atomic E-state index is -4.48. The summed E-state index contributed by atoms with van der Waals surface area (Å²) in [5.41, 5.74) is -1.11. The largest absolute Gasteiger partial charge is 0.418 e. The van der Waals surface area contributed by atoms with Crippen molar-refractivity contribution < 1.29 is 18.0 Å². The SMILES string of the molecule is O=C1CC2(CCNCC2)CN1c1cnccc1C(F)(F)F. The third-order valence-electron chi connectivity index (χ3n) is 4.38. The number of hydrogen-bond donors (Lipinski definition) is 1. The molecule has 2 saturated heterocycles. The van der Waals surface area contributed by atoms with Crippen LogP contribution < -0.4 is 10.2 Å². The lowest BCUT2D eigenvalue weighted by Crippen LogP contribution is -2.39. The molecule has 0 unspecified atom stereocenters. The number of anilines is 1. The van der Waals surface area contributed by atoms with E-state index in [1.54, 1.807) is 0 Å². The van der Waals surface area contributed by atoms with E-state index in [-0.39, 0.29) is 17.0 Å². The summed E-state index contributed by atoms with van der Waals surface area (Å²) in [6.07, 6.45) is -0.287. The smallest absolute Gasteiger partial charge is 0.317 e. The van der Waals surface area contributed by atoms with E-state index in [0.717, 1.165) is 44.4 Å². The Morgan fingerprint density at radius 1 is 1.29 bits per heavy atom. The Balaban J connectivity index is 1.93. The molecule has 1 aromatic heterocycles. The second kappa shape index (κ2) is 4.98. The van der Waals surface area contributed by atoms with E-state index >= 15 is 0 Å². The lowest BCUT2D eigenvalue weighted by Gasteiger charge is -2.33. The highest BCUT2D eigenvalue weighted by Crippen LogP contribution is 2.44. The van der Waals surface area contributed by atoms with Gasteiger partial charge < -0.3 is 10.2 Å². The van der Waals surface area contributed by atoms with Crippen molar-refractivity contribution in [3.05, 3.63) is 24.0 Å². The van der Waals surface area contributed by atoms with Gasteiger partial charge in [0, 0.05) is 19.2 Å². The molecule has 1 N–H and O–H groups in total. The molecule has 1 spiro atoms. The predicted octanol–water partition coefficient (Wildman–Crippen LogP) is 2.21. The number of carbonyl (C=O) groups is 1. The summed E-state index contributed by atoms with van der Waals surface area (Å²) in [6.45, 7) is 1.96. The van der Waals surface area contributed by atoms with Crippen molar-refractivity contribution in [2.24, 2.45) is 5.41 Å². The topological polar surface area (TPSA) is 45.2 Å². The van der Waals surface area contributed by atoms with E-state index in [9.17, 15) is 18.0 Å². The van der Waals surface area contributed by atoms with Crippen LogP contribution in [0.3, 0.4) is 0 Å². The van der Waals surface area contributed by atoms with Crippen molar-refractivity contribution in [1.82, 2.24) is 10.3 Å². The van der Waals surface area contributed by atoms with Gasteiger partial charge in [-0.15, -0.1) is 0 Å². The Labute approximate surface area is 120 Å². The first-order valence-electron chi connectivity index (χ1n) is 6.94. The van der Waals surface area contributed by atoms with Crippen molar-refractivity contribution in [3.8, 4) is 0 Å². The summed E-state index contributed by atoms with van der Waals surface area (Å²) in [4.78, 5) is 17.3. The molecule has 0 atom stereocenters. The number of amides is 1. The van der Waals surface area contributed by atoms with Crippen molar-refractivity contribution in [2.45, 2.75) is 25.4 Å². The normalized spacial score (nSPS) is 22.0. The molecule has 0 aromatic carbocycles. The molecule has 4 nitrogen and oxygen atoms in total. The Hall–Kier alpha value is -1.63. The highest BCUT2D eigenvalue weighted by molar-refractivity contribution is 5.97. The molecule has 1 amide bonds. The first-order valence-corrected chi connectivity index (χ1v) is 6.94. The number of hydrogen-bond acceptors (Lipinski definition) is 3. The molecule has 0 aliphatic carbocycles. The second-order valence-electron chi connectivity index (χ2n) is 5.80. The van der Waals surface area contributed by atoms with Crippen LogP contribution in [0.2, 0.25) is 0 Å².